The largest absolute Gasteiger partial charge is 0.481 e. The Morgan fingerprint density at radius 2 is 2.05 bits per heavy atom. The Balaban J connectivity index is 2.79. The quantitative estimate of drug-likeness (QED) is 0.829. The summed E-state index contributed by atoms with van der Waals surface area (Å²) in [7, 11) is 0. The SMILES string of the molecule is CCc1nc2c(C(N)=O)cnn2c(CC)c1CC(=O)O. The van der Waals surface area contributed by atoms with Gasteiger partial charge in [-0.15, -0.1) is 0 Å². The fourth-order valence-corrected chi connectivity index (χ4v) is 2.32. The maximum Gasteiger partial charge on any atom is 0.307 e. The molecule has 2 aromatic rings. The first kappa shape index (κ1) is 14.0. The monoisotopic (exact) mass is 276 g/mol. The number of hydrogen-bond donors (Lipinski definition) is 2. The lowest BCUT2D eigenvalue weighted by atomic mass is 10.0. The van der Waals surface area contributed by atoms with Gasteiger partial charge in [-0.25, -0.2) is 9.50 Å². The molecule has 0 aromatic carbocycles. The molecule has 1 amide bonds. The molecule has 0 unspecified atom stereocenters. The van der Waals surface area contributed by atoms with Crippen molar-refractivity contribution in [3.05, 3.63) is 28.7 Å². The Morgan fingerprint density at radius 3 is 2.55 bits per heavy atom. The van der Waals surface area contributed by atoms with Crippen molar-refractivity contribution in [3.8, 4) is 0 Å². The third-order valence-corrected chi connectivity index (χ3v) is 3.20. The van der Waals surface area contributed by atoms with E-state index in [0.29, 0.717) is 29.7 Å². The van der Waals surface area contributed by atoms with Gasteiger partial charge in [0.2, 0.25) is 0 Å². The zero-order valence-electron chi connectivity index (χ0n) is 11.4. The van der Waals surface area contributed by atoms with Crippen molar-refractivity contribution in [2.24, 2.45) is 5.73 Å². The summed E-state index contributed by atoms with van der Waals surface area (Å²) in [5, 5.41) is 13.2. The van der Waals surface area contributed by atoms with Gasteiger partial charge in [-0.05, 0) is 12.8 Å². The molecule has 0 aliphatic heterocycles. The summed E-state index contributed by atoms with van der Waals surface area (Å²) in [4.78, 5) is 26.8. The van der Waals surface area contributed by atoms with Crippen LogP contribution >= 0.6 is 0 Å². The van der Waals surface area contributed by atoms with E-state index in [-0.39, 0.29) is 12.0 Å². The summed E-state index contributed by atoms with van der Waals surface area (Å²) in [5.41, 5.74) is 8.01. The van der Waals surface area contributed by atoms with Crippen molar-refractivity contribution in [2.75, 3.05) is 0 Å². The van der Waals surface area contributed by atoms with Gasteiger partial charge in [-0.1, -0.05) is 13.8 Å². The molecular formula is C13H16N4O3. The molecule has 20 heavy (non-hydrogen) atoms. The molecule has 0 aliphatic carbocycles. The fraction of sp³-hybridized carbons (Fsp3) is 0.385. The van der Waals surface area contributed by atoms with E-state index < -0.39 is 11.9 Å². The van der Waals surface area contributed by atoms with Crippen molar-refractivity contribution in [3.63, 3.8) is 0 Å². The minimum atomic E-state index is -0.919. The highest BCUT2D eigenvalue weighted by Gasteiger charge is 2.20. The van der Waals surface area contributed by atoms with E-state index in [1.165, 1.54) is 10.7 Å². The van der Waals surface area contributed by atoms with Crippen LogP contribution in [0.15, 0.2) is 6.20 Å². The molecule has 7 nitrogen and oxygen atoms in total. The number of nitrogens with two attached hydrogens (primary N) is 1. The summed E-state index contributed by atoms with van der Waals surface area (Å²) >= 11 is 0. The van der Waals surface area contributed by atoms with Gasteiger partial charge in [0.05, 0.1) is 12.6 Å². The second kappa shape index (κ2) is 5.28. The number of aliphatic carboxylic acids is 1. The lowest BCUT2D eigenvalue weighted by molar-refractivity contribution is -0.136. The number of carbonyl (C=O) groups excluding carboxylic acids is 1. The van der Waals surface area contributed by atoms with Crippen molar-refractivity contribution in [2.45, 2.75) is 33.1 Å². The topological polar surface area (TPSA) is 111 Å². The van der Waals surface area contributed by atoms with Crippen LogP contribution in [0, 0.1) is 0 Å². The van der Waals surface area contributed by atoms with E-state index in [9.17, 15) is 9.59 Å². The predicted octanol–water partition coefficient (Wildman–Crippen LogP) is 0.580. The molecule has 0 aliphatic rings. The molecule has 3 N–H and O–H groups in total. The molecule has 2 aromatic heterocycles. The van der Waals surface area contributed by atoms with Gasteiger partial charge in [0.15, 0.2) is 5.65 Å². The molecular weight excluding hydrogens is 260 g/mol. The van der Waals surface area contributed by atoms with Crippen LogP contribution in [0.1, 0.15) is 41.2 Å². The molecule has 0 atom stereocenters. The highest BCUT2D eigenvalue weighted by molar-refractivity contribution is 5.98. The smallest absolute Gasteiger partial charge is 0.307 e. The Morgan fingerprint density at radius 1 is 1.35 bits per heavy atom. The average Bonchev–Trinajstić information content (AvgIpc) is 2.80. The van der Waals surface area contributed by atoms with Crippen LogP contribution in [0.5, 0.6) is 0 Å². The molecule has 2 heterocycles. The van der Waals surface area contributed by atoms with Gasteiger partial charge in [0.1, 0.15) is 5.56 Å². The number of carboxylic acid groups (broad SMARTS) is 1. The zero-order chi connectivity index (χ0) is 14.9. The summed E-state index contributed by atoms with van der Waals surface area (Å²) in [6.07, 6.45) is 2.43. The van der Waals surface area contributed by atoms with Gasteiger partial charge >= 0.3 is 5.97 Å². The first-order valence-electron chi connectivity index (χ1n) is 6.39. The highest BCUT2D eigenvalue weighted by Crippen LogP contribution is 2.20. The van der Waals surface area contributed by atoms with Gasteiger partial charge in [0, 0.05) is 17.0 Å². The van der Waals surface area contributed by atoms with Crippen LogP contribution in [-0.4, -0.2) is 31.6 Å². The maximum atomic E-state index is 11.4. The number of primary amides is 1. The number of hydrogen-bond acceptors (Lipinski definition) is 4. The summed E-state index contributed by atoms with van der Waals surface area (Å²) in [5.74, 6) is -1.51. The fourth-order valence-electron chi connectivity index (χ4n) is 2.32. The van der Waals surface area contributed by atoms with Gasteiger partial charge in [-0.2, -0.15) is 5.10 Å². The van der Waals surface area contributed by atoms with Crippen LogP contribution in [0.2, 0.25) is 0 Å². The van der Waals surface area contributed by atoms with Crippen molar-refractivity contribution >= 4 is 17.5 Å². The summed E-state index contributed by atoms with van der Waals surface area (Å²) in [6.45, 7) is 3.80. The minimum absolute atomic E-state index is 0.110. The van der Waals surface area contributed by atoms with E-state index in [0.717, 1.165) is 5.69 Å². The van der Waals surface area contributed by atoms with Crippen LogP contribution in [0.4, 0.5) is 0 Å². The van der Waals surface area contributed by atoms with E-state index in [1.54, 1.807) is 0 Å². The number of amides is 1. The van der Waals surface area contributed by atoms with Crippen molar-refractivity contribution < 1.29 is 14.7 Å². The third-order valence-electron chi connectivity index (χ3n) is 3.20. The summed E-state index contributed by atoms with van der Waals surface area (Å²) in [6, 6.07) is 0. The number of carbonyl (C=O) groups is 2. The second-order valence-corrected chi connectivity index (χ2v) is 4.42. The molecule has 0 bridgehead atoms. The minimum Gasteiger partial charge on any atom is -0.481 e. The molecule has 0 spiro atoms. The number of fused-ring (bicyclic) bond motifs is 1. The Hall–Kier alpha value is -2.44. The zero-order valence-corrected chi connectivity index (χ0v) is 11.4. The molecule has 0 fully saturated rings. The van der Waals surface area contributed by atoms with Crippen molar-refractivity contribution in [1.29, 1.82) is 0 Å². The highest BCUT2D eigenvalue weighted by atomic mass is 16.4. The molecule has 0 saturated carbocycles. The molecule has 0 radical (unpaired) electrons. The Kier molecular flexibility index (Phi) is 3.69. The number of nitrogens with zero attached hydrogens (tertiary/aromatic N) is 3. The molecule has 0 saturated heterocycles. The average molecular weight is 276 g/mol. The van der Waals surface area contributed by atoms with Gasteiger partial charge in [0.25, 0.3) is 5.91 Å². The number of carboxylic acids is 1. The Labute approximate surface area is 115 Å². The van der Waals surface area contributed by atoms with E-state index >= 15 is 0 Å². The molecule has 7 heteroatoms. The first-order chi connectivity index (χ1) is 9.49. The third kappa shape index (κ3) is 2.22. The van der Waals surface area contributed by atoms with Crippen LogP contribution in [0.25, 0.3) is 5.65 Å². The van der Waals surface area contributed by atoms with E-state index in [4.69, 9.17) is 10.8 Å². The number of aryl methyl sites for hydroxylation is 2. The lowest BCUT2D eigenvalue weighted by Crippen LogP contribution is -2.15. The van der Waals surface area contributed by atoms with Crippen LogP contribution < -0.4 is 5.73 Å². The Bertz CT molecular complexity index is 690. The normalized spacial score (nSPS) is 10.9. The number of aromatic nitrogens is 3. The standard InChI is InChI=1S/C13H16N4O3/c1-3-9-7(5-11(18)19)10(4-2)17-13(16-9)8(6-15-17)12(14)20/h6H,3-5H2,1-2H3,(H2,14,20)(H,18,19). The lowest BCUT2D eigenvalue weighted by Gasteiger charge is -2.13. The maximum absolute atomic E-state index is 11.4. The second-order valence-electron chi connectivity index (χ2n) is 4.42. The molecule has 106 valence electrons. The van der Waals surface area contributed by atoms with Gasteiger partial charge < -0.3 is 10.8 Å². The van der Waals surface area contributed by atoms with E-state index in [2.05, 4.69) is 10.1 Å². The predicted molar refractivity (Wildman–Crippen MR) is 71.6 cm³/mol. The molecule has 2 rings (SSSR count). The summed E-state index contributed by atoms with van der Waals surface area (Å²) < 4.78 is 1.51. The van der Waals surface area contributed by atoms with Crippen molar-refractivity contribution in [1.82, 2.24) is 14.6 Å². The van der Waals surface area contributed by atoms with Crippen LogP contribution in [-0.2, 0) is 24.1 Å². The van der Waals surface area contributed by atoms with Crippen LogP contribution in [0.3, 0.4) is 0 Å². The van der Waals surface area contributed by atoms with Gasteiger partial charge in [-0.3, -0.25) is 9.59 Å². The van der Waals surface area contributed by atoms with E-state index in [1.807, 2.05) is 13.8 Å². The first-order valence-corrected chi connectivity index (χ1v) is 6.39. The number of rotatable bonds is 5.